The van der Waals surface area contributed by atoms with Gasteiger partial charge in [0.15, 0.2) is 0 Å². The van der Waals surface area contributed by atoms with E-state index in [1.165, 1.54) is 11.8 Å². The van der Waals surface area contributed by atoms with E-state index in [0.29, 0.717) is 5.56 Å². The van der Waals surface area contributed by atoms with Crippen LogP contribution in [0, 0.1) is 0 Å². The second kappa shape index (κ2) is 8.74. The van der Waals surface area contributed by atoms with Gasteiger partial charge in [0, 0.05) is 15.3 Å². The van der Waals surface area contributed by atoms with Crippen molar-refractivity contribution in [2.24, 2.45) is 0 Å². The molecule has 0 saturated heterocycles. The normalized spacial score (nSPS) is 15.1. The molecule has 1 nitrogen and oxygen atoms in total. The third-order valence-corrected chi connectivity index (χ3v) is 7.06. The molecule has 4 heteroatoms. The molecule has 0 saturated carbocycles. The number of carbonyl (C=O) groups is 1. The van der Waals surface area contributed by atoms with E-state index >= 15 is 0 Å². The minimum Gasteiger partial charge on any atom is -0.288 e. The first-order chi connectivity index (χ1) is 13.7. The molecular weight excluding hydrogens is 400 g/mol. The smallest absolute Gasteiger partial charge is 0.200 e. The fourth-order valence-corrected chi connectivity index (χ4v) is 5.75. The molecule has 3 aromatic rings. The van der Waals surface area contributed by atoms with Crippen molar-refractivity contribution < 1.29 is 4.79 Å². The molecule has 28 heavy (non-hydrogen) atoms. The quantitative estimate of drug-likeness (QED) is 0.253. The molecule has 0 bridgehead atoms. The molecule has 0 radical (unpaired) electrons. The summed E-state index contributed by atoms with van der Waals surface area (Å²) in [5.41, 5.74) is 2.76. The third-order valence-electron chi connectivity index (χ3n) is 4.20. The minimum absolute atomic E-state index is 0.0472. The molecule has 4 rings (SSSR count). The van der Waals surface area contributed by atoms with E-state index in [2.05, 4.69) is 0 Å². The van der Waals surface area contributed by atoms with Gasteiger partial charge in [-0.25, -0.2) is 0 Å². The SMILES string of the molecule is O=C(C1=C(c2ccccc2)S/C(=C/C(=S)c2ccccc2)S1)c1ccccc1. The fraction of sp³-hybridized carbons (Fsp3) is 0. The maximum Gasteiger partial charge on any atom is 0.200 e. The standard InChI is InChI=1S/C24H16OS3/c25-22(18-12-6-2-7-13-18)24-23(19-14-8-3-9-15-19)27-21(28-24)16-20(26)17-10-4-1-5-11-17/h1-16H/b21-16-. The van der Waals surface area contributed by atoms with Crippen LogP contribution in [0.1, 0.15) is 21.5 Å². The van der Waals surface area contributed by atoms with E-state index < -0.39 is 0 Å². The zero-order chi connectivity index (χ0) is 19.3. The van der Waals surface area contributed by atoms with Crippen LogP contribution in [0.3, 0.4) is 0 Å². The van der Waals surface area contributed by atoms with Crippen LogP contribution >= 0.6 is 35.7 Å². The summed E-state index contributed by atoms with van der Waals surface area (Å²) in [6.07, 6.45) is 1.99. The van der Waals surface area contributed by atoms with Crippen molar-refractivity contribution in [2.75, 3.05) is 0 Å². The van der Waals surface area contributed by atoms with Gasteiger partial charge in [-0.05, 0) is 17.2 Å². The van der Waals surface area contributed by atoms with Gasteiger partial charge in [-0.15, -0.1) is 0 Å². The predicted octanol–water partition coefficient (Wildman–Crippen LogP) is 6.98. The van der Waals surface area contributed by atoms with E-state index in [9.17, 15) is 4.79 Å². The number of Topliss-reactive ketones (excluding diaryl/α,β-unsaturated/α-hetero) is 1. The van der Waals surface area contributed by atoms with Gasteiger partial charge in [0.2, 0.25) is 5.78 Å². The first kappa shape index (κ1) is 18.9. The van der Waals surface area contributed by atoms with E-state index in [1.807, 2.05) is 97.1 Å². The summed E-state index contributed by atoms with van der Waals surface area (Å²) in [5, 5.41) is 0. The highest BCUT2D eigenvalue weighted by atomic mass is 32.2. The van der Waals surface area contributed by atoms with Gasteiger partial charge in [-0.2, -0.15) is 0 Å². The van der Waals surface area contributed by atoms with Gasteiger partial charge in [-0.1, -0.05) is 127 Å². The maximum absolute atomic E-state index is 13.2. The average molecular weight is 417 g/mol. The lowest BCUT2D eigenvalue weighted by Crippen LogP contribution is -2.00. The number of carbonyl (C=O) groups excluding carboxylic acids is 1. The molecule has 3 aromatic carbocycles. The molecule has 1 aliphatic rings. The zero-order valence-electron chi connectivity index (χ0n) is 14.9. The van der Waals surface area contributed by atoms with E-state index in [-0.39, 0.29) is 5.78 Å². The number of ketones is 1. The Morgan fingerprint density at radius 1 is 0.714 bits per heavy atom. The lowest BCUT2D eigenvalue weighted by atomic mass is 10.1. The Morgan fingerprint density at radius 2 is 1.25 bits per heavy atom. The Balaban J connectivity index is 1.69. The molecular formula is C24H16OS3. The maximum atomic E-state index is 13.2. The van der Waals surface area contributed by atoms with Gasteiger partial charge in [-0.3, -0.25) is 4.79 Å². The van der Waals surface area contributed by atoms with Gasteiger partial charge in [0.1, 0.15) is 0 Å². The van der Waals surface area contributed by atoms with Crippen LogP contribution in [0.25, 0.3) is 4.91 Å². The molecule has 0 fully saturated rings. The number of hydrogen-bond acceptors (Lipinski definition) is 4. The Bertz CT molecular complexity index is 1070. The van der Waals surface area contributed by atoms with Gasteiger partial charge >= 0.3 is 0 Å². The molecule has 136 valence electrons. The first-order valence-electron chi connectivity index (χ1n) is 8.78. The largest absolute Gasteiger partial charge is 0.288 e. The number of thioether (sulfide) groups is 2. The monoisotopic (exact) mass is 416 g/mol. The van der Waals surface area contributed by atoms with Crippen LogP contribution in [0.5, 0.6) is 0 Å². The number of allylic oxidation sites excluding steroid dienone is 2. The van der Waals surface area contributed by atoms with Crippen molar-refractivity contribution >= 4 is 51.3 Å². The highest BCUT2D eigenvalue weighted by Crippen LogP contribution is 2.54. The van der Waals surface area contributed by atoms with Gasteiger partial charge < -0.3 is 0 Å². The molecule has 1 heterocycles. The topological polar surface area (TPSA) is 17.1 Å². The molecule has 1 aliphatic heterocycles. The van der Waals surface area contributed by atoms with Crippen molar-refractivity contribution in [3.05, 3.63) is 123 Å². The molecule has 0 aliphatic carbocycles. The molecule has 0 aromatic heterocycles. The zero-order valence-corrected chi connectivity index (χ0v) is 17.3. The lowest BCUT2D eigenvalue weighted by Gasteiger charge is -2.05. The van der Waals surface area contributed by atoms with Crippen molar-refractivity contribution in [2.45, 2.75) is 0 Å². The van der Waals surface area contributed by atoms with Crippen LogP contribution in [0.4, 0.5) is 0 Å². The van der Waals surface area contributed by atoms with Crippen LogP contribution < -0.4 is 0 Å². The molecule has 0 amide bonds. The second-order valence-corrected chi connectivity index (χ2v) is 8.92. The van der Waals surface area contributed by atoms with Gasteiger partial charge in [0.05, 0.1) is 9.14 Å². The van der Waals surface area contributed by atoms with E-state index in [1.54, 1.807) is 11.8 Å². The lowest BCUT2D eigenvalue weighted by molar-refractivity contribution is 0.104. The van der Waals surface area contributed by atoms with Crippen molar-refractivity contribution in [3.63, 3.8) is 0 Å². The predicted molar refractivity (Wildman–Crippen MR) is 126 cm³/mol. The van der Waals surface area contributed by atoms with Crippen molar-refractivity contribution in [3.8, 4) is 0 Å². The Hall–Kier alpha value is -2.40. The molecule has 0 atom stereocenters. The van der Waals surface area contributed by atoms with Crippen LogP contribution in [0.15, 0.2) is 106 Å². The average Bonchev–Trinajstić information content (AvgIpc) is 3.19. The van der Waals surface area contributed by atoms with E-state index in [0.717, 1.165) is 30.0 Å². The van der Waals surface area contributed by atoms with E-state index in [4.69, 9.17) is 12.2 Å². The highest BCUT2D eigenvalue weighted by molar-refractivity contribution is 8.32. The Kier molecular flexibility index (Phi) is 5.91. The summed E-state index contributed by atoms with van der Waals surface area (Å²) in [5.74, 6) is 0.0472. The Morgan fingerprint density at radius 3 is 1.86 bits per heavy atom. The minimum atomic E-state index is 0.0472. The summed E-state index contributed by atoms with van der Waals surface area (Å²) in [6, 6.07) is 29.4. The summed E-state index contributed by atoms with van der Waals surface area (Å²) < 4.78 is 1.02. The van der Waals surface area contributed by atoms with Gasteiger partial charge in [0.25, 0.3) is 0 Å². The van der Waals surface area contributed by atoms with Crippen LogP contribution in [0.2, 0.25) is 0 Å². The first-order valence-corrected chi connectivity index (χ1v) is 10.8. The summed E-state index contributed by atoms with van der Waals surface area (Å²) >= 11 is 8.72. The summed E-state index contributed by atoms with van der Waals surface area (Å²) in [4.78, 5) is 15.7. The number of rotatable bonds is 5. The van der Waals surface area contributed by atoms with Crippen LogP contribution in [-0.4, -0.2) is 10.6 Å². The second-order valence-electron chi connectivity index (χ2n) is 6.12. The third kappa shape index (κ3) is 4.20. The summed E-state index contributed by atoms with van der Waals surface area (Å²) in [7, 11) is 0. The molecule has 0 N–H and O–H groups in total. The summed E-state index contributed by atoms with van der Waals surface area (Å²) in [6.45, 7) is 0. The number of benzene rings is 3. The van der Waals surface area contributed by atoms with Crippen molar-refractivity contribution in [1.82, 2.24) is 0 Å². The number of thiocarbonyl (C=S) groups is 1. The highest BCUT2D eigenvalue weighted by Gasteiger charge is 2.28. The molecule has 0 spiro atoms. The van der Waals surface area contributed by atoms with Crippen LogP contribution in [-0.2, 0) is 0 Å². The fourth-order valence-electron chi connectivity index (χ4n) is 2.82. The Labute approximate surface area is 178 Å². The number of hydrogen-bond donors (Lipinski definition) is 0. The van der Waals surface area contributed by atoms with Crippen molar-refractivity contribution in [1.29, 1.82) is 0 Å². The molecule has 0 unspecified atom stereocenters.